The van der Waals surface area contributed by atoms with E-state index in [2.05, 4.69) is 5.32 Å². The first-order chi connectivity index (χ1) is 14.9. The molecular formula is C26H28N2O3. The van der Waals surface area contributed by atoms with Crippen LogP contribution < -0.4 is 15.0 Å². The molecule has 2 amide bonds. The van der Waals surface area contributed by atoms with E-state index in [-0.39, 0.29) is 18.4 Å². The highest BCUT2D eigenvalue weighted by Crippen LogP contribution is 2.20. The Labute approximate surface area is 183 Å². The number of carbonyl (C=O) groups is 2. The number of nitrogens with zero attached hydrogens (tertiary/aromatic N) is 1. The maximum atomic E-state index is 12.8. The molecule has 3 aromatic rings. The Morgan fingerprint density at radius 3 is 2.26 bits per heavy atom. The predicted molar refractivity (Wildman–Crippen MR) is 124 cm³/mol. The Balaban J connectivity index is 1.62. The van der Waals surface area contributed by atoms with Crippen LogP contribution in [0.15, 0.2) is 72.8 Å². The van der Waals surface area contributed by atoms with Gasteiger partial charge < -0.3 is 15.0 Å². The highest BCUT2D eigenvalue weighted by Gasteiger charge is 2.18. The third kappa shape index (κ3) is 6.19. The molecule has 3 aromatic carbocycles. The second-order valence-corrected chi connectivity index (χ2v) is 7.57. The molecule has 5 nitrogen and oxygen atoms in total. The van der Waals surface area contributed by atoms with E-state index in [1.165, 1.54) is 4.90 Å². The van der Waals surface area contributed by atoms with Crippen LogP contribution in [0.3, 0.4) is 0 Å². The summed E-state index contributed by atoms with van der Waals surface area (Å²) in [6.07, 6.45) is 0.743. The van der Waals surface area contributed by atoms with Crippen LogP contribution in [0, 0.1) is 13.8 Å². The number of aryl methyl sites for hydroxylation is 2. The van der Waals surface area contributed by atoms with Gasteiger partial charge in [-0.2, -0.15) is 0 Å². The average molecular weight is 417 g/mol. The molecule has 0 bridgehead atoms. The molecule has 0 fully saturated rings. The Hall–Kier alpha value is -3.60. The Kier molecular flexibility index (Phi) is 7.44. The summed E-state index contributed by atoms with van der Waals surface area (Å²) in [4.78, 5) is 27.0. The minimum atomic E-state index is -0.233. The van der Waals surface area contributed by atoms with Gasteiger partial charge >= 0.3 is 0 Å². The number of hydrogen-bond acceptors (Lipinski definition) is 3. The maximum Gasteiger partial charge on any atom is 0.264 e. The SMILES string of the molecule is Cc1cc(C)cc(OCC(=O)N(C)c2ccccc2C(=O)NCCc2ccccc2)c1. The van der Waals surface area contributed by atoms with Gasteiger partial charge in [0.05, 0.1) is 11.3 Å². The van der Waals surface area contributed by atoms with E-state index in [9.17, 15) is 9.59 Å². The molecule has 0 unspecified atom stereocenters. The number of anilines is 1. The lowest BCUT2D eigenvalue weighted by Crippen LogP contribution is -2.34. The number of para-hydroxylation sites is 1. The van der Waals surface area contributed by atoms with Gasteiger partial charge in [0.15, 0.2) is 6.61 Å². The van der Waals surface area contributed by atoms with E-state index in [0.717, 1.165) is 23.1 Å². The van der Waals surface area contributed by atoms with Crippen molar-refractivity contribution >= 4 is 17.5 Å². The van der Waals surface area contributed by atoms with Crippen LogP contribution >= 0.6 is 0 Å². The Bertz CT molecular complexity index is 1030. The third-order valence-electron chi connectivity index (χ3n) is 4.98. The topological polar surface area (TPSA) is 58.6 Å². The lowest BCUT2D eigenvalue weighted by molar-refractivity contribution is -0.120. The molecule has 0 saturated carbocycles. The lowest BCUT2D eigenvalue weighted by Gasteiger charge is -2.21. The fourth-order valence-electron chi connectivity index (χ4n) is 3.41. The van der Waals surface area contributed by atoms with Crippen LogP contribution in [-0.4, -0.2) is 32.0 Å². The van der Waals surface area contributed by atoms with Crippen LogP contribution in [0.2, 0.25) is 0 Å². The van der Waals surface area contributed by atoms with Crippen LogP contribution in [0.25, 0.3) is 0 Å². The first-order valence-corrected chi connectivity index (χ1v) is 10.3. The monoisotopic (exact) mass is 416 g/mol. The summed E-state index contributed by atoms with van der Waals surface area (Å²) in [7, 11) is 1.66. The fourth-order valence-corrected chi connectivity index (χ4v) is 3.41. The van der Waals surface area contributed by atoms with E-state index in [4.69, 9.17) is 4.74 Å². The summed E-state index contributed by atoms with van der Waals surface area (Å²) in [6.45, 7) is 4.38. The van der Waals surface area contributed by atoms with Crippen LogP contribution in [0.4, 0.5) is 5.69 Å². The summed E-state index contributed by atoms with van der Waals surface area (Å²) in [5, 5.41) is 2.94. The molecule has 0 heterocycles. The Morgan fingerprint density at radius 2 is 1.55 bits per heavy atom. The minimum Gasteiger partial charge on any atom is -0.484 e. The summed E-state index contributed by atoms with van der Waals surface area (Å²) in [6, 6.07) is 22.9. The van der Waals surface area contributed by atoms with Crippen molar-refractivity contribution in [3.63, 3.8) is 0 Å². The van der Waals surface area contributed by atoms with Crippen molar-refractivity contribution in [1.29, 1.82) is 0 Å². The lowest BCUT2D eigenvalue weighted by atomic mass is 10.1. The van der Waals surface area contributed by atoms with Crippen LogP contribution in [0.5, 0.6) is 5.75 Å². The zero-order valence-electron chi connectivity index (χ0n) is 18.2. The van der Waals surface area contributed by atoms with Gasteiger partial charge in [-0.05, 0) is 61.2 Å². The molecule has 5 heteroatoms. The molecule has 0 aliphatic carbocycles. The first-order valence-electron chi connectivity index (χ1n) is 10.3. The number of amides is 2. The van der Waals surface area contributed by atoms with E-state index in [1.807, 2.05) is 68.4 Å². The van der Waals surface area contributed by atoms with Crippen molar-refractivity contribution in [3.05, 3.63) is 95.1 Å². The molecule has 0 spiro atoms. The molecule has 0 atom stereocenters. The third-order valence-corrected chi connectivity index (χ3v) is 4.98. The second kappa shape index (κ2) is 10.4. The summed E-state index contributed by atoms with van der Waals surface area (Å²) < 4.78 is 5.69. The average Bonchev–Trinajstić information content (AvgIpc) is 2.77. The number of rotatable bonds is 8. The zero-order chi connectivity index (χ0) is 22.2. The number of ether oxygens (including phenoxy) is 1. The first kappa shape index (κ1) is 22.1. The molecule has 0 aliphatic rings. The quantitative estimate of drug-likeness (QED) is 0.595. The van der Waals surface area contributed by atoms with Gasteiger partial charge in [0, 0.05) is 13.6 Å². The van der Waals surface area contributed by atoms with Crippen molar-refractivity contribution in [2.24, 2.45) is 0 Å². The van der Waals surface area contributed by atoms with E-state index in [1.54, 1.807) is 25.2 Å². The number of hydrogen-bond donors (Lipinski definition) is 1. The molecule has 31 heavy (non-hydrogen) atoms. The number of carbonyl (C=O) groups excluding carboxylic acids is 2. The molecule has 3 rings (SSSR count). The largest absolute Gasteiger partial charge is 0.484 e. The van der Waals surface area contributed by atoms with Crippen molar-refractivity contribution in [2.75, 3.05) is 25.1 Å². The van der Waals surface area contributed by atoms with Gasteiger partial charge in [-0.25, -0.2) is 0 Å². The second-order valence-electron chi connectivity index (χ2n) is 7.57. The number of nitrogens with one attached hydrogen (secondary N) is 1. The van der Waals surface area contributed by atoms with Gasteiger partial charge in [-0.15, -0.1) is 0 Å². The van der Waals surface area contributed by atoms with Gasteiger partial charge in [0.1, 0.15) is 5.75 Å². The zero-order valence-corrected chi connectivity index (χ0v) is 18.2. The molecule has 0 radical (unpaired) electrons. The van der Waals surface area contributed by atoms with E-state index >= 15 is 0 Å². The van der Waals surface area contributed by atoms with Gasteiger partial charge in [-0.1, -0.05) is 48.5 Å². The van der Waals surface area contributed by atoms with Gasteiger partial charge in [0.2, 0.25) is 0 Å². The highest BCUT2D eigenvalue weighted by atomic mass is 16.5. The highest BCUT2D eigenvalue weighted by molar-refractivity contribution is 6.04. The number of likely N-dealkylation sites (N-methyl/N-ethyl adjacent to an activating group) is 1. The van der Waals surface area contributed by atoms with Crippen LogP contribution in [0.1, 0.15) is 27.0 Å². The predicted octanol–water partition coefficient (Wildman–Crippen LogP) is 4.32. The number of benzene rings is 3. The fraction of sp³-hybridized carbons (Fsp3) is 0.231. The molecule has 160 valence electrons. The standard InChI is InChI=1S/C26H28N2O3/c1-19-15-20(2)17-22(16-19)31-18-25(29)28(3)24-12-8-7-11-23(24)26(30)27-14-13-21-9-5-4-6-10-21/h4-12,15-17H,13-14,18H2,1-3H3,(H,27,30). The van der Waals surface area contributed by atoms with Gasteiger partial charge in [-0.3, -0.25) is 9.59 Å². The van der Waals surface area contributed by atoms with E-state index in [0.29, 0.717) is 23.5 Å². The van der Waals surface area contributed by atoms with Crippen molar-refractivity contribution < 1.29 is 14.3 Å². The summed E-state index contributed by atoms with van der Waals surface area (Å²) in [5.41, 5.74) is 4.32. The van der Waals surface area contributed by atoms with Crippen LogP contribution in [-0.2, 0) is 11.2 Å². The van der Waals surface area contributed by atoms with Gasteiger partial charge in [0.25, 0.3) is 11.8 Å². The normalized spacial score (nSPS) is 10.4. The summed E-state index contributed by atoms with van der Waals surface area (Å²) in [5.74, 6) is 0.219. The van der Waals surface area contributed by atoms with Crippen molar-refractivity contribution in [3.8, 4) is 5.75 Å². The minimum absolute atomic E-state index is 0.108. The Morgan fingerprint density at radius 1 is 0.903 bits per heavy atom. The molecule has 0 aliphatic heterocycles. The van der Waals surface area contributed by atoms with Crippen molar-refractivity contribution in [1.82, 2.24) is 5.32 Å². The smallest absolute Gasteiger partial charge is 0.264 e. The van der Waals surface area contributed by atoms with E-state index < -0.39 is 0 Å². The molecule has 0 aromatic heterocycles. The summed E-state index contributed by atoms with van der Waals surface area (Å²) >= 11 is 0. The van der Waals surface area contributed by atoms with Crippen molar-refractivity contribution in [2.45, 2.75) is 20.3 Å². The molecule has 0 saturated heterocycles. The maximum absolute atomic E-state index is 12.8. The molecule has 1 N–H and O–H groups in total. The molecular weight excluding hydrogens is 388 g/mol.